The molecular weight excluding hydrogens is 432 g/mol. The van der Waals surface area contributed by atoms with Crippen LogP contribution in [-0.2, 0) is 6.54 Å². The van der Waals surface area contributed by atoms with Crippen molar-refractivity contribution in [2.45, 2.75) is 39.4 Å². The molecule has 3 aromatic rings. The van der Waals surface area contributed by atoms with Crippen molar-refractivity contribution in [1.82, 2.24) is 15.2 Å². The zero-order chi connectivity index (χ0) is 22.4. The molecule has 0 aliphatic carbocycles. The van der Waals surface area contributed by atoms with E-state index in [1.165, 1.54) is 11.3 Å². The van der Waals surface area contributed by atoms with Crippen molar-refractivity contribution in [3.05, 3.63) is 81.3 Å². The Labute approximate surface area is 191 Å². The Morgan fingerprint density at radius 3 is 2.52 bits per heavy atom. The van der Waals surface area contributed by atoms with Crippen molar-refractivity contribution in [1.29, 1.82) is 0 Å². The van der Waals surface area contributed by atoms with E-state index >= 15 is 0 Å². The van der Waals surface area contributed by atoms with Gasteiger partial charge in [0.05, 0.1) is 12.6 Å². The second kappa shape index (κ2) is 10.4. The summed E-state index contributed by atoms with van der Waals surface area (Å²) >= 11 is 7.35. The summed E-state index contributed by atoms with van der Waals surface area (Å²) in [6.45, 7) is 6.10. The minimum absolute atomic E-state index is 0.0570. The number of hydrogen-bond acceptors (Lipinski definition) is 4. The molecule has 31 heavy (non-hydrogen) atoms. The fourth-order valence-electron chi connectivity index (χ4n) is 2.98. The number of halogens is 1. The van der Waals surface area contributed by atoms with Gasteiger partial charge < -0.3 is 15.5 Å². The van der Waals surface area contributed by atoms with Crippen LogP contribution in [0.15, 0.2) is 60.0 Å². The molecular formula is C23H25ClN4O2S. The molecule has 0 bridgehead atoms. The van der Waals surface area contributed by atoms with Gasteiger partial charge in [-0.1, -0.05) is 48.0 Å². The largest absolute Gasteiger partial charge is 0.344 e. The fraction of sp³-hybridized carbons (Fsp3) is 0.261. The first-order valence-electron chi connectivity index (χ1n) is 9.97. The predicted octanol–water partition coefficient (Wildman–Crippen LogP) is 5.73. The molecule has 1 heterocycles. The summed E-state index contributed by atoms with van der Waals surface area (Å²) in [6.07, 6.45) is 0. The zero-order valence-electron chi connectivity index (χ0n) is 17.6. The smallest absolute Gasteiger partial charge is 0.322 e. The van der Waals surface area contributed by atoms with Crippen LogP contribution in [0.4, 0.5) is 10.5 Å². The maximum Gasteiger partial charge on any atom is 0.322 e. The number of urea groups is 1. The van der Waals surface area contributed by atoms with Gasteiger partial charge in [-0.25, -0.2) is 9.78 Å². The zero-order valence-corrected chi connectivity index (χ0v) is 19.2. The number of carbonyl (C=O) groups excluding carboxylic acids is 2. The van der Waals surface area contributed by atoms with Crippen molar-refractivity contribution in [2.75, 3.05) is 5.32 Å². The first-order chi connectivity index (χ1) is 14.8. The summed E-state index contributed by atoms with van der Waals surface area (Å²) in [5.74, 6) is -0.238. The van der Waals surface area contributed by atoms with E-state index in [4.69, 9.17) is 11.6 Å². The monoisotopic (exact) mass is 456 g/mol. The molecule has 6 nitrogen and oxygen atoms in total. The van der Waals surface area contributed by atoms with E-state index in [0.717, 1.165) is 5.56 Å². The van der Waals surface area contributed by atoms with Crippen LogP contribution < -0.4 is 10.6 Å². The molecule has 0 spiro atoms. The van der Waals surface area contributed by atoms with E-state index in [1.807, 2.05) is 51.1 Å². The fourth-order valence-corrected chi connectivity index (χ4v) is 3.94. The molecule has 162 valence electrons. The number of thiazole rings is 1. The van der Waals surface area contributed by atoms with Crippen molar-refractivity contribution in [2.24, 2.45) is 0 Å². The maximum absolute atomic E-state index is 12.8. The normalized spacial score (nSPS) is 11.8. The van der Waals surface area contributed by atoms with Crippen LogP contribution in [0.2, 0.25) is 5.02 Å². The number of carbonyl (C=O) groups is 2. The highest BCUT2D eigenvalue weighted by Gasteiger charge is 2.21. The number of anilines is 1. The number of amides is 3. The Kier molecular flexibility index (Phi) is 7.65. The van der Waals surface area contributed by atoms with Crippen LogP contribution in [0, 0.1) is 0 Å². The lowest BCUT2D eigenvalue weighted by Crippen LogP contribution is -2.39. The lowest BCUT2D eigenvalue weighted by molar-refractivity contribution is 0.0935. The Morgan fingerprint density at radius 1 is 1.10 bits per heavy atom. The van der Waals surface area contributed by atoms with Crippen molar-refractivity contribution < 1.29 is 9.59 Å². The quantitative estimate of drug-likeness (QED) is 0.476. The molecule has 8 heteroatoms. The van der Waals surface area contributed by atoms with Crippen LogP contribution in [0.1, 0.15) is 47.9 Å². The van der Waals surface area contributed by atoms with Crippen LogP contribution >= 0.6 is 22.9 Å². The number of aromatic nitrogens is 1. The third-order valence-corrected chi connectivity index (χ3v) is 5.77. The summed E-state index contributed by atoms with van der Waals surface area (Å²) in [7, 11) is 0. The van der Waals surface area contributed by atoms with Crippen molar-refractivity contribution in [3.63, 3.8) is 0 Å². The van der Waals surface area contributed by atoms with Gasteiger partial charge in [0.15, 0.2) is 0 Å². The van der Waals surface area contributed by atoms with Crippen LogP contribution in [0.5, 0.6) is 0 Å². The highest BCUT2D eigenvalue weighted by Crippen LogP contribution is 2.19. The minimum Gasteiger partial charge on any atom is -0.344 e. The van der Waals surface area contributed by atoms with Gasteiger partial charge in [0.25, 0.3) is 5.91 Å². The van der Waals surface area contributed by atoms with E-state index in [1.54, 1.807) is 34.5 Å². The van der Waals surface area contributed by atoms with Crippen LogP contribution in [0.25, 0.3) is 0 Å². The third kappa shape index (κ3) is 6.29. The molecule has 1 aromatic heterocycles. The predicted molar refractivity (Wildman–Crippen MR) is 126 cm³/mol. The number of nitrogens with zero attached hydrogens (tertiary/aromatic N) is 2. The lowest BCUT2D eigenvalue weighted by Gasteiger charge is -2.26. The Morgan fingerprint density at radius 2 is 1.84 bits per heavy atom. The first kappa shape index (κ1) is 22.8. The van der Waals surface area contributed by atoms with Crippen molar-refractivity contribution in [3.8, 4) is 0 Å². The Bertz CT molecular complexity index is 1040. The molecule has 0 saturated carbocycles. The summed E-state index contributed by atoms with van der Waals surface area (Å²) in [5, 5.41) is 8.78. The van der Waals surface area contributed by atoms with E-state index < -0.39 is 0 Å². The Hall–Kier alpha value is -2.90. The first-order valence-corrected chi connectivity index (χ1v) is 11.2. The van der Waals surface area contributed by atoms with Crippen molar-refractivity contribution >= 4 is 40.6 Å². The second-order valence-corrected chi connectivity index (χ2v) is 8.77. The van der Waals surface area contributed by atoms with E-state index in [-0.39, 0.29) is 24.0 Å². The van der Waals surface area contributed by atoms with Gasteiger partial charge in [-0.05, 0) is 44.5 Å². The summed E-state index contributed by atoms with van der Waals surface area (Å²) in [5.41, 5.74) is 1.99. The average molecular weight is 457 g/mol. The lowest BCUT2D eigenvalue weighted by atomic mass is 10.1. The van der Waals surface area contributed by atoms with Gasteiger partial charge in [0.1, 0.15) is 10.7 Å². The highest BCUT2D eigenvalue weighted by atomic mass is 35.5. The van der Waals surface area contributed by atoms with E-state index in [0.29, 0.717) is 28.0 Å². The van der Waals surface area contributed by atoms with Gasteiger partial charge in [-0.15, -0.1) is 11.3 Å². The molecule has 1 atom stereocenters. The van der Waals surface area contributed by atoms with Gasteiger partial charge >= 0.3 is 6.03 Å². The maximum atomic E-state index is 12.8. The second-order valence-electron chi connectivity index (χ2n) is 7.39. The molecule has 0 aliphatic heterocycles. The molecule has 3 amide bonds. The molecule has 2 aromatic carbocycles. The van der Waals surface area contributed by atoms with E-state index in [9.17, 15) is 9.59 Å². The number of benzene rings is 2. The highest BCUT2D eigenvalue weighted by molar-refractivity contribution is 7.09. The number of nitrogens with one attached hydrogen (secondary N) is 2. The number of rotatable bonds is 7. The average Bonchev–Trinajstić information content (AvgIpc) is 3.21. The summed E-state index contributed by atoms with van der Waals surface area (Å²) < 4.78 is 0. The summed E-state index contributed by atoms with van der Waals surface area (Å²) in [4.78, 5) is 31.5. The standard InChI is InChI=1S/C23H25ClN4O2S/c1-15(2)28(23(30)26-19-11-7-10-18(24)12-19)13-21-27-20(14-31-21)22(29)25-16(3)17-8-5-4-6-9-17/h4-12,14-16H,13H2,1-3H3,(H,25,29)(H,26,30). The Balaban J connectivity index is 1.64. The molecule has 0 saturated heterocycles. The molecule has 0 radical (unpaired) electrons. The van der Waals surface area contributed by atoms with Gasteiger partial charge in [-0.2, -0.15) is 0 Å². The van der Waals surface area contributed by atoms with Crippen LogP contribution in [0.3, 0.4) is 0 Å². The van der Waals surface area contributed by atoms with Gasteiger partial charge in [0, 0.05) is 22.1 Å². The molecule has 2 N–H and O–H groups in total. The number of hydrogen-bond donors (Lipinski definition) is 2. The SMILES string of the molecule is CC(NC(=O)c1csc(CN(C(=O)Nc2cccc(Cl)c2)C(C)C)n1)c1ccccc1. The minimum atomic E-state index is -0.254. The topological polar surface area (TPSA) is 74.3 Å². The third-order valence-electron chi connectivity index (χ3n) is 4.70. The van der Waals surface area contributed by atoms with Gasteiger partial charge in [-0.3, -0.25) is 4.79 Å². The summed E-state index contributed by atoms with van der Waals surface area (Å²) in [6, 6.07) is 16.3. The molecule has 0 aliphatic rings. The van der Waals surface area contributed by atoms with E-state index in [2.05, 4.69) is 15.6 Å². The van der Waals surface area contributed by atoms with Gasteiger partial charge in [0.2, 0.25) is 0 Å². The molecule has 0 fully saturated rings. The molecule has 1 unspecified atom stereocenters. The molecule has 3 rings (SSSR count). The van der Waals surface area contributed by atoms with Crippen LogP contribution in [-0.4, -0.2) is 27.9 Å².